The molecule has 8 fully saturated rings. The molecule has 20 rings (SSSR count). The van der Waals surface area contributed by atoms with Crippen molar-refractivity contribution in [3.63, 3.8) is 0 Å². The highest BCUT2D eigenvalue weighted by molar-refractivity contribution is 6.05. The van der Waals surface area contributed by atoms with Crippen molar-refractivity contribution in [2.24, 2.45) is 0 Å². The van der Waals surface area contributed by atoms with E-state index >= 15 is 0 Å². The van der Waals surface area contributed by atoms with Crippen molar-refractivity contribution in [2.45, 2.75) is 161 Å². The summed E-state index contributed by atoms with van der Waals surface area (Å²) in [5.41, 5.74) is 18.2. The van der Waals surface area contributed by atoms with Crippen molar-refractivity contribution in [1.82, 2.24) is 49.4 Å². The number of hydrogen-bond donors (Lipinski definition) is 1. The molecule has 2 aliphatic carbocycles. The van der Waals surface area contributed by atoms with E-state index in [0.29, 0.717) is 189 Å². The standard InChI is InChI=1S/C28H33N3O4.C28H30N2O5.C28H32N2O4.C27H31N3O4/c1-20-14-26(32)25(18-29(2)15-20)31-17-24-23(28(31)33)4-3-5-27(24)35-19-22-8-6-21(7-9-22)16-30-10-12-34-13-11-30;1-19-4-2-6-24(25(31)16-19)30-17-23-22(28(30)33)5-3-7-26(23)35-18-20-8-10-21(11-9-20)27(32)29-12-14-34-15-13-29;1-20-4-2-6-25(26(31)16-20)30-18-24-23(28(30)32)5-3-7-27(24)34-19-22-10-8-21(9-11-22)17-29-12-14-33-15-13-29;1-19-13-25(31)24(15-28-14-19)30-17-23-22(27(30)32)3-2-4-26(23)34-18-21-7-5-20(6-8-21)16-29-9-11-33-12-10-29/h3-9,25H,1,10-19H2,2H3;3,5,7-11,24H,1-2,4,6,12-18H2;3,5,7-11,25H,1-2,4,6,12-19H2;2-8,24,28H,1,9-18H2/t25-;24-;25-;24-/m0000/s1. The van der Waals surface area contributed by atoms with Gasteiger partial charge < -0.3 is 67.7 Å². The van der Waals surface area contributed by atoms with E-state index in [-0.39, 0.29) is 58.7 Å². The second-order valence-electron chi connectivity index (χ2n) is 38.0. The summed E-state index contributed by atoms with van der Waals surface area (Å²) in [6.07, 6.45) is 6.16. The van der Waals surface area contributed by atoms with Gasteiger partial charge in [0.15, 0.2) is 23.1 Å². The van der Waals surface area contributed by atoms with Gasteiger partial charge in [0.2, 0.25) is 0 Å². The average Bonchev–Trinajstić information content (AvgIpc) is 1.64. The fourth-order valence-electron chi connectivity index (χ4n) is 20.2. The van der Waals surface area contributed by atoms with Crippen LogP contribution in [0.2, 0.25) is 0 Å². The summed E-state index contributed by atoms with van der Waals surface area (Å²) >= 11 is 0. The molecule has 8 aromatic carbocycles. The molecule has 27 heteroatoms. The molecule has 10 heterocycles. The van der Waals surface area contributed by atoms with Gasteiger partial charge in [-0.2, -0.15) is 0 Å². The monoisotopic (exact) mass is 1870 g/mol. The second kappa shape index (κ2) is 45.9. The number of carbonyl (C=O) groups excluding carboxylic acids is 9. The highest BCUT2D eigenvalue weighted by atomic mass is 16.5. The van der Waals surface area contributed by atoms with Crippen molar-refractivity contribution in [3.8, 4) is 23.0 Å². The highest BCUT2D eigenvalue weighted by Crippen LogP contribution is 2.41. The summed E-state index contributed by atoms with van der Waals surface area (Å²) < 4.78 is 46.2. The number of rotatable bonds is 23. The Kier molecular flexibility index (Phi) is 32.4. The first-order valence-corrected chi connectivity index (χ1v) is 48.6. The summed E-state index contributed by atoms with van der Waals surface area (Å²) in [5.74, 6) is 2.66. The van der Waals surface area contributed by atoms with Crippen LogP contribution in [0.4, 0.5) is 0 Å². The zero-order chi connectivity index (χ0) is 95.7. The number of allylic oxidation sites excluding steroid dienone is 2. The maximum Gasteiger partial charge on any atom is 0.255 e. The molecule has 0 spiro atoms. The van der Waals surface area contributed by atoms with E-state index in [1.165, 1.54) is 16.7 Å². The Bertz CT molecular complexity index is 5650. The molecule has 6 saturated heterocycles. The van der Waals surface area contributed by atoms with Crippen LogP contribution in [0.25, 0.3) is 0 Å². The van der Waals surface area contributed by atoms with E-state index in [1.54, 1.807) is 30.6 Å². The van der Waals surface area contributed by atoms with Crippen LogP contribution in [0.1, 0.15) is 177 Å². The van der Waals surface area contributed by atoms with Gasteiger partial charge in [-0.3, -0.25) is 62.8 Å². The lowest BCUT2D eigenvalue weighted by Gasteiger charge is -2.27. The first-order chi connectivity index (χ1) is 67.1. The van der Waals surface area contributed by atoms with Crippen molar-refractivity contribution in [3.05, 3.63) is 307 Å². The SMILES string of the molecule is C=C1CC(=O)[C@@H](N2Cc3c(OCc4ccc(CN5CCOCC5)cc4)cccc3C2=O)CN(C)C1.C=C1CCC[C@H](N2Cc3c(OCc4ccc(C(=O)N5CCOCC5)cc4)cccc3C2=O)C(=O)C1.C=C1CCC[C@H](N2Cc3c(OCc4ccc(CN5CCOCC5)cc4)cccc3C2=O)C(=O)C1.C=C1CNC[C@H](N2Cc3c(OCc4ccc(CN5CCOCC5)cc4)cccc3C2=O)C(=O)C1. The van der Waals surface area contributed by atoms with Gasteiger partial charge in [-0.15, -0.1) is 0 Å². The Morgan fingerprint density at radius 1 is 0.348 bits per heavy atom. The van der Waals surface area contributed by atoms with E-state index in [1.807, 2.05) is 98.0 Å². The Morgan fingerprint density at radius 2 is 0.645 bits per heavy atom. The predicted octanol–water partition coefficient (Wildman–Crippen LogP) is 13.3. The van der Waals surface area contributed by atoms with Gasteiger partial charge in [-0.25, -0.2) is 0 Å². The summed E-state index contributed by atoms with van der Waals surface area (Å²) in [6.45, 7) is 37.1. The molecule has 2 saturated carbocycles. The molecule has 0 aromatic heterocycles. The topological polar surface area (TPSA) is 269 Å². The maximum absolute atomic E-state index is 13.2. The maximum atomic E-state index is 13.2. The van der Waals surface area contributed by atoms with Gasteiger partial charge in [0.05, 0.1) is 91.1 Å². The first kappa shape index (κ1) is 97.2. The van der Waals surface area contributed by atoms with Gasteiger partial charge in [-0.05, 0) is 145 Å². The number of hydrogen-bond acceptors (Lipinski definition) is 22. The third-order valence-corrected chi connectivity index (χ3v) is 27.9. The van der Waals surface area contributed by atoms with E-state index in [4.69, 9.17) is 37.9 Å². The molecule has 10 aliphatic heterocycles. The van der Waals surface area contributed by atoms with Crippen molar-refractivity contribution < 1.29 is 81.0 Å². The number of ketones is 4. The van der Waals surface area contributed by atoms with E-state index in [0.717, 1.165) is 197 Å². The van der Waals surface area contributed by atoms with Gasteiger partial charge >= 0.3 is 0 Å². The molecule has 1 N–H and O–H groups in total. The number of fused-ring (bicyclic) bond motifs is 4. The number of nitrogens with zero attached hydrogens (tertiary/aromatic N) is 9. The second-order valence-corrected chi connectivity index (χ2v) is 38.0. The molecule has 138 heavy (non-hydrogen) atoms. The highest BCUT2D eigenvalue weighted by Gasteiger charge is 2.44. The third kappa shape index (κ3) is 24.1. The zero-order valence-corrected chi connectivity index (χ0v) is 79.3. The summed E-state index contributed by atoms with van der Waals surface area (Å²) in [5, 5.41) is 3.24. The number of likely N-dealkylation sites (tertiary alicyclic amines) is 1. The van der Waals surface area contributed by atoms with Crippen LogP contribution in [0.3, 0.4) is 0 Å². The van der Waals surface area contributed by atoms with Gasteiger partial charge in [0.25, 0.3) is 29.5 Å². The van der Waals surface area contributed by atoms with Crippen LogP contribution in [-0.4, -0.2) is 259 Å². The minimum absolute atomic E-state index is 0.0110. The molecule has 4 atom stereocenters. The predicted molar refractivity (Wildman–Crippen MR) is 522 cm³/mol. The fourth-order valence-corrected chi connectivity index (χ4v) is 20.2. The van der Waals surface area contributed by atoms with Crippen molar-refractivity contribution in [1.29, 1.82) is 0 Å². The molecule has 12 aliphatic rings. The van der Waals surface area contributed by atoms with Gasteiger partial charge in [0.1, 0.15) is 61.5 Å². The lowest BCUT2D eigenvalue weighted by atomic mass is 10.1. The van der Waals surface area contributed by atoms with Crippen molar-refractivity contribution in [2.75, 3.05) is 138 Å². The van der Waals surface area contributed by atoms with E-state index < -0.39 is 18.1 Å². The lowest BCUT2D eigenvalue weighted by molar-refractivity contribution is -0.123. The number of Topliss-reactive ketones (excluding diaryl/α,β-unsaturated/α-hetero) is 4. The lowest BCUT2D eigenvalue weighted by Crippen LogP contribution is -2.46. The fraction of sp³-hybridized carbons (Fsp3) is 0.414. The zero-order valence-electron chi connectivity index (χ0n) is 79.3. The Morgan fingerprint density at radius 3 is 1.01 bits per heavy atom. The number of benzene rings is 8. The van der Waals surface area contributed by atoms with Crippen molar-refractivity contribution >= 4 is 52.7 Å². The molecular formula is C111H126N10O17. The molecule has 0 bridgehead atoms. The molecule has 27 nitrogen and oxygen atoms in total. The average molecular weight is 1870 g/mol. The van der Waals surface area contributed by atoms with E-state index in [2.05, 4.69) is 124 Å². The third-order valence-electron chi connectivity index (χ3n) is 27.9. The molecule has 0 radical (unpaired) electrons. The van der Waals surface area contributed by atoms with Crippen LogP contribution in [0, 0.1) is 0 Å². The quantitative estimate of drug-likeness (QED) is 0.0460. The first-order valence-electron chi connectivity index (χ1n) is 48.6. The number of nitrogens with one attached hydrogen (secondary N) is 1. The number of amides is 5. The van der Waals surface area contributed by atoms with E-state index in [9.17, 15) is 43.2 Å². The Balaban J connectivity index is 0.000000127. The molecular weight excluding hydrogens is 1750 g/mol. The van der Waals surface area contributed by atoms with Gasteiger partial charge in [-0.1, -0.05) is 158 Å². The van der Waals surface area contributed by atoms with Crippen LogP contribution in [0.5, 0.6) is 23.0 Å². The Labute approximate surface area is 808 Å². The number of morpholine rings is 4. The number of ether oxygens (including phenoxy) is 8. The molecule has 8 aromatic rings. The molecule has 722 valence electrons. The van der Waals surface area contributed by atoms with Crippen LogP contribution < -0.4 is 24.3 Å². The summed E-state index contributed by atoms with van der Waals surface area (Å²) in [4.78, 5) is 134. The molecule has 5 amide bonds. The summed E-state index contributed by atoms with van der Waals surface area (Å²) in [7, 11) is 1.96. The minimum atomic E-state index is -0.481. The molecule has 0 unspecified atom stereocenters. The van der Waals surface area contributed by atoms with Crippen LogP contribution in [-0.2, 0) is 110 Å². The van der Waals surface area contributed by atoms with Crippen LogP contribution in [0.15, 0.2) is 218 Å². The number of likely N-dealkylation sites (N-methyl/N-ethyl adjacent to an activating group) is 1. The largest absolute Gasteiger partial charge is 0.489 e. The van der Waals surface area contributed by atoms with Gasteiger partial charge in [0, 0.05) is 174 Å². The Hall–Kier alpha value is -12.4. The smallest absolute Gasteiger partial charge is 0.255 e. The summed E-state index contributed by atoms with van der Waals surface area (Å²) in [6, 6.07) is 53.5. The minimum Gasteiger partial charge on any atom is -0.489 e. The number of carbonyl (C=O) groups is 9. The normalized spacial score (nSPS) is 21.3. The van der Waals surface area contributed by atoms with Crippen LogP contribution >= 0.6 is 0 Å².